The van der Waals surface area contributed by atoms with Gasteiger partial charge in [0.25, 0.3) is 11.6 Å². The van der Waals surface area contributed by atoms with E-state index in [2.05, 4.69) is 17.4 Å². The second kappa shape index (κ2) is 9.42. The van der Waals surface area contributed by atoms with E-state index < -0.39 is 4.92 Å². The van der Waals surface area contributed by atoms with Crippen LogP contribution < -0.4 is 5.32 Å². The Morgan fingerprint density at radius 3 is 2.42 bits per heavy atom. The Morgan fingerprint density at radius 2 is 1.75 bits per heavy atom. The van der Waals surface area contributed by atoms with Crippen molar-refractivity contribution in [1.82, 2.24) is 5.32 Å². The lowest BCUT2D eigenvalue weighted by Crippen LogP contribution is -2.25. The summed E-state index contributed by atoms with van der Waals surface area (Å²) in [5, 5.41) is 13.3. The van der Waals surface area contributed by atoms with Gasteiger partial charge < -0.3 is 10.1 Å². The predicted octanol–water partition coefficient (Wildman–Crippen LogP) is 2.97. The number of carbonyl (C=O) groups is 1. The fourth-order valence-electron chi connectivity index (χ4n) is 2.15. The first kappa shape index (κ1) is 17.6. The van der Waals surface area contributed by atoms with E-state index in [9.17, 15) is 14.9 Å². The van der Waals surface area contributed by atoms with Gasteiger partial charge in [-0.2, -0.15) is 0 Å². The smallest absolute Gasteiger partial charge is 0.269 e. The zero-order valence-corrected chi connectivity index (χ0v) is 13.3. The number of amides is 1. The number of non-ortho nitro benzene ring substituents is 1. The van der Waals surface area contributed by atoms with Crippen molar-refractivity contribution in [3.05, 3.63) is 75.8 Å². The molecule has 0 fully saturated rings. The first-order valence-electron chi connectivity index (χ1n) is 7.81. The van der Waals surface area contributed by atoms with E-state index in [-0.39, 0.29) is 11.6 Å². The molecule has 6 heteroatoms. The summed E-state index contributed by atoms with van der Waals surface area (Å²) in [4.78, 5) is 21.9. The number of ether oxygens (including phenoxy) is 1. The van der Waals surface area contributed by atoms with Crippen molar-refractivity contribution in [1.29, 1.82) is 0 Å². The molecule has 2 aromatic rings. The van der Waals surface area contributed by atoms with Gasteiger partial charge >= 0.3 is 0 Å². The van der Waals surface area contributed by atoms with Crippen LogP contribution in [0.4, 0.5) is 5.69 Å². The number of benzene rings is 2. The molecule has 0 unspecified atom stereocenters. The molecular weight excluding hydrogens is 308 g/mol. The quantitative estimate of drug-likeness (QED) is 0.436. The standard InChI is InChI=1S/C18H20N2O4/c21-18(16-7-9-17(10-8-16)20(22)23)19-12-4-13-24-14-11-15-5-2-1-3-6-15/h1-3,5-10H,4,11-14H2,(H,19,21). The number of nitro benzene ring substituents is 1. The van der Waals surface area contributed by atoms with E-state index in [1.54, 1.807) is 0 Å². The minimum Gasteiger partial charge on any atom is -0.381 e. The fraction of sp³-hybridized carbons (Fsp3) is 0.278. The summed E-state index contributed by atoms with van der Waals surface area (Å²) in [6.07, 6.45) is 1.59. The van der Waals surface area contributed by atoms with Gasteiger partial charge in [-0.05, 0) is 30.5 Å². The lowest BCUT2D eigenvalue weighted by Gasteiger charge is -2.06. The summed E-state index contributed by atoms with van der Waals surface area (Å²) >= 11 is 0. The molecule has 0 aliphatic carbocycles. The van der Waals surface area contributed by atoms with Crippen LogP contribution >= 0.6 is 0 Å². The van der Waals surface area contributed by atoms with E-state index in [1.165, 1.54) is 29.8 Å². The summed E-state index contributed by atoms with van der Waals surface area (Å²) in [6.45, 7) is 1.73. The summed E-state index contributed by atoms with van der Waals surface area (Å²) in [5.41, 5.74) is 1.62. The number of nitro groups is 1. The molecule has 0 spiro atoms. The van der Waals surface area contributed by atoms with Gasteiger partial charge in [0.1, 0.15) is 0 Å². The van der Waals surface area contributed by atoms with Crippen molar-refractivity contribution >= 4 is 11.6 Å². The lowest BCUT2D eigenvalue weighted by molar-refractivity contribution is -0.384. The number of nitrogens with one attached hydrogen (secondary N) is 1. The molecule has 0 saturated carbocycles. The highest BCUT2D eigenvalue weighted by Gasteiger charge is 2.08. The third kappa shape index (κ3) is 5.81. The van der Waals surface area contributed by atoms with E-state index in [0.717, 1.165) is 6.42 Å². The van der Waals surface area contributed by atoms with Crippen LogP contribution in [0.2, 0.25) is 0 Å². The molecule has 0 aliphatic rings. The third-order valence-electron chi connectivity index (χ3n) is 3.47. The first-order chi connectivity index (χ1) is 11.7. The van der Waals surface area contributed by atoms with Gasteiger partial charge in [-0.25, -0.2) is 0 Å². The van der Waals surface area contributed by atoms with Crippen molar-refractivity contribution in [2.45, 2.75) is 12.8 Å². The third-order valence-corrected chi connectivity index (χ3v) is 3.47. The van der Waals surface area contributed by atoms with Gasteiger partial charge in [0, 0.05) is 30.8 Å². The Morgan fingerprint density at radius 1 is 1.04 bits per heavy atom. The molecule has 2 rings (SSSR count). The molecule has 0 aromatic heterocycles. The SMILES string of the molecule is O=C(NCCCOCCc1ccccc1)c1ccc([N+](=O)[O-])cc1. The molecule has 1 N–H and O–H groups in total. The Labute approximate surface area is 140 Å². The minimum atomic E-state index is -0.492. The second-order valence-corrected chi connectivity index (χ2v) is 5.26. The number of hydrogen-bond donors (Lipinski definition) is 1. The fourth-order valence-corrected chi connectivity index (χ4v) is 2.15. The molecule has 0 radical (unpaired) electrons. The molecule has 0 saturated heterocycles. The van der Waals surface area contributed by atoms with Crippen LogP contribution in [0.5, 0.6) is 0 Å². The molecule has 24 heavy (non-hydrogen) atoms. The van der Waals surface area contributed by atoms with Gasteiger partial charge in [0.2, 0.25) is 0 Å². The average Bonchev–Trinajstić information content (AvgIpc) is 2.61. The Hall–Kier alpha value is -2.73. The molecule has 2 aromatic carbocycles. The van der Waals surface area contributed by atoms with Crippen molar-refractivity contribution < 1.29 is 14.5 Å². The van der Waals surface area contributed by atoms with E-state index in [1.807, 2.05) is 18.2 Å². The van der Waals surface area contributed by atoms with Crippen LogP contribution in [0.15, 0.2) is 54.6 Å². The first-order valence-corrected chi connectivity index (χ1v) is 7.81. The molecule has 0 atom stereocenters. The maximum atomic E-state index is 11.9. The molecular formula is C18H20N2O4. The molecule has 6 nitrogen and oxygen atoms in total. The van der Waals surface area contributed by atoms with Gasteiger partial charge in [-0.3, -0.25) is 14.9 Å². The molecule has 0 heterocycles. The highest BCUT2D eigenvalue weighted by molar-refractivity contribution is 5.94. The minimum absolute atomic E-state index is 0.0293. The molecule has 0 bridgehead atoms. The van der Waals surface area contributed by atoms with Gasteiger partial charge in [0.05, 0.1) is 11.5 Å². The summed E-state index contributed by atoms with van der Waals surface area (Å²) in [5.74, 6) is -0.241. The molecule has 1 amide bonds. The highest BCUT2D eigenvalue weighted by Crippen LogP contribution is 2.11. The lowest BCUT2D eigenvalue weighted by atomic mass is 10.2. The van der Waals surface area contributed by atoms with E-state index >= 15 is 0 Å². The van der Waals surface area contributed by atoms with Crippen molar-refractivity contribution in [2.75, 3.05) is 19.8 Å². The van der Waals surface area contributed by atoms with Crippen LogP contribution in [0.1, 0.15) is 22.3 Å². The van der Waals surface area contributed by atoms with Crippen molar-refractivity contribution in [3.8, 4) is 0 Å². The largest absolute Gasteiger partial charge is 0.381 e. The Balaban J connectivity index is 1.58. The maximum absolute atomic E-state index is 11.9. The monoisotopic (exact) mass is 328 g/mol. The normalized spacial score (nSPS) is 10.3. The zero-order chi connectivity index (χ0) is 17.2. The van der Waals surface area contributed by atoms with Crippen molar-refractivity contribution in [3.63, 3.8) is 0 Å². The van der Waals surface area contributed by atoms with Crippen LogP contribution in [-0.2, 0) is 11.2 Å². The predicted molar refractivity (Wildman–Crippen MR) is 91.0 cm³/mol. The van der Waals surface area contributed by atoms with Crippen molar-refractivity contribution in [2.24, 2.45) is 0 Å². The zero-order valence-electron chi connectivity index (χ0n) is 13.3. The van der Waals surface area contributed by atoms with Crippen LogP contribution in [0.3, 0.4) is 0 Å². The van der Waals surface area contributed by atoms with Gasteiger partial charge in [-0.15, -0.1) is 0 Å². The number of nitrogens with zero attached hydrogens (tertiary/aromatic N) is 1. The van der Waals surface area contributed by atoms with E-state index in [4.69, 9.17) is 4.74 Å². The summed E-state index contributed by atoms with van der Waals surface area (Å²) in [7, 11) is 0. The molecule has 126 valence electrons. The van der Waals surface area contributed by atoms with Crippen LogP contribution in [-0.4, -0.2) is 30.6 Å². The second-order valence-electron chi connectivity index (χ2n) is 5.26. The van der Waals surface area contributed by atoms with E-state index in [0.29, 0.717) is 31.7 Å². The Bertz CT molecular complexity index is 656. The van der Waals surface area contributed by atoms with Gasteiger partial charge in [0.15, 0.2) is 0 Å². The van der Waals surface area contributed by atoms with Crippen LogP contribution in [0, 0.1) is 10.1 Å². The Kier molecular flexibility index (Phi) is 6.91. The van der Waals surface area contributed by atoms with Crippen LogP contribution in [0.25, 0.3) is 0 Å². The number of rotatable bonds is 9. The topological polar surface area (TPSA) is 81.5 Å². The number of hydrogen-bond acceptors (Lipinski definition) is 4. The highest BCUT2D eigenvalue weighted by atomic mass is 16.6. The average molecular weight is 328 g/mol. The summed E-state index contributed by atoms with van der Waals surface area (Å²) < 4.78 is 5.54. The molecule has 0 aliphatic heterocycles. The van der Waals surface area contributed by atoms with Gasteiger partial charge in [-0.1, -0.05) is 30.3 Å². The number of carbonyl (C=O) groups excluding carboxylic acids is 1. The maximum Gasteiger partial charge on any atom is 0.269 e. The summed E-state index contributed by atoms with van der Waals surface area (Å²) in [6, 6.07) is 15.7.